The van der Waals surface area contributed by atoms with Crippen LogP contribution in [-0.2, 0) is 0 Å². The van der Waals surface area contributed by atoms with E-state index in [1.54, 1.807) is 0 Å². The Bertz CT molecular complexity index is 3450. The molecule has 11 aromatic carbocycles. The predicted molar refractivity (Wildman–Crippen MR) is 243 cm³/mol. The zero-order valence-corrected chi connectivity index (χ0v) is 31.0. The summed E-state index contributed by atoms with van der Waals surface area (Å²) in [4.78, 5) is 0. The van der Waals surface area contributed by atoms with E-state index in [1.807, 2.05) is 0 Å². The first-order chi connectivity index (χ1) is 28.3. The van der Waals surface area contributed by atoms with Crippen molar-refractivity contribution < 1.29 is 4.42 Å². The molecule has 0 saturated carbocycles. The quantitative estimate of drug-likeness (QED) is 0.165. The molecule has 0 fully saturated rings. The smallest absolute Gasteiger partial charge is 0.136 e. The van der Waals surface area contributed by atoms with E-state index in [0.717, 1.165) is 27.5 Å². The third-order valence-electron chi connectivity index (χ3n) is 12.0. The van der Waals surface area contributed by atoms with E-state index in [9.17, 15) is 0 Å². The molecule has 0 aliphatic rings. The van der Waals surface area contributed by atoms with E-state index in [4.69, 9.17) is 4.42 Å². The van der Waals surface area contributed by atoms with E-state index >= 15 is 0 Å². The molecule has 0 saturated heterocycles. The van der Waals surface area contributed by atoms with E-state index in [0.29, 0.717) is 0 Å². The second kappa shape index (κ2) is 12.5. The zero-order chi connectivity index (χ0) is 37.5. The average molecular weight is 723 g/mol. The third kappa shape index (κ3) is 4.83. The van der Waals surface area contributed by atoms with E-state index in [-0.39, 0.29) is 0 Å². The number of furan rings is 1. The van der Waals surface area contributed by atoms with Crippen molar-refractivity contribution in [3.05, 3.63) is 206 Å². The Hall–Kier alpha value is -7.48. The number of hydrogen-bond acceptors (Lipinski definition) is 1. The van der Waals surface area contributed by atoms with Crippen molar-refractivity contribution in [2.24, 2.45) is 0 Å². The Morgan fingerprint density at radius 1 is 0.228 bits per heavy atom. The lowest BCUT2D eigenvalue weighted by molar-refractivity contribution is 0.669. The fourth-order valence-electron chi connectivity index (χ4n) is 9.62. The van der Waals surface area contributed by atoms with Crippen LogP contribution in [-0.4, -0.2) is 0 Å². The topological polar surface area (TPSA) is 13.1 Å². The highest BCUT2D eigenvalue weighted by atomic mass is 16.3. The summed E-state index contributed by atoms with van der Waals surface area (Å²) in [5, 5.41) is 14.7. The molecule has 1 aromatic heterocycles. The van der Waals surface area contributed by atoms with Gasteiger partial charge in [-0.1, -0.05) is 182 Å². The number of hydrogen-bond donors (Lipinski definition) is 0. The fourth-order valence-corrected chi connectivity index (χ4v) is 9.62. The van der Waals surface area contributed by atoms with Gasteiger partial charge in [-0.05, 0) is 123 Å². The van der Waals surface area contributed by atoms with Crippen LogP contribution in [0.5, 0.6) is 0 Å². The largest absolute Gasteiger partial charge is 0.456 e. The Labute approximate surface area is 329 Å². The molecular weight excluding hydrogens is 689 g/mol. The minimum Gasteiger partial charge on any atom is -0.456 e. The van der Waals surface area contributed by atoms with Gasteiger partial charge in [0.15, 0.2) is 0 Å². The Kier molecular flexibility index (Phi) is 7.00. The molecule has 0 aliphatic heterocycles. The summed E-state index contributed by atoms with van der Waals surface area (Å²) in [6.07, 6.45) is 0. The van der Waals surface area contributed by atoms with Gasteiger partial charge in [0.1, 0.15) is 11.2 Å². The number of fused-ring (bicyclic) bond motifs is 8. The maximum Gasteiger partial charge on any atom is 0.136 e. The Morgan fingerprint density at radius 2 is 0.667 bits per heavy atom. The van der Waals surface area contributed by atoms with Crippen LogP contribution in [0.1, 0.15) is 0 Å². The monoisotopic (exact) mass is 722 g/mol. The van der Waals surface area contributed by atoms with Crippen molar-refractivity contribution in [1.29, 1.82) is 0 Å². The van der Waals surface area contributed by atoms with Crippen LogP contribution >= 0.6 is 0 Å². The second-order valence-corrected chi connectivity index (χ2v) is 15.1. The first-order valence-electron chi connectivity index (χ1n) is 19.7. The average Bonchev–Trinajstić information content (AvgIpc) is 3.64. The molecule has 0 spiro atoms. The molecule has 264 valence electrons. The molecule has 0 atom stereocenters. The van der Waals surface area contributed by atoms with Gasteiger partial charge >= 0.3 is 0 Å². The summed E-state index contributed by atoms with van der Waals surface area (Å²) in [5.74, 6) is 0. The molecule has 12 rings (SSSR count). The van der Waals surface area contributed by atoms with Crippen molar-refractivity contribution in [2.75, 3.05) is 0 Å². The normalized spacial score (nSPS) is 11.9. The van der Waals surface area contributed by atoms with Gasteiger partial charge in [-0.15, -0.1) is 0 Å². The highest BCUT2D eigenvalue weighted by Gasteiger charge is 2.20. The lowest BCUT2D eigenvalue weighted by atomic mass is 9.84. The molecule has 0 N–H and O–H groups in total. The van der Waals surface area contributed by atoms with E-state index in [2.05, 4.69) is 206 Å². The highest BCUT2D eigenvalue weighted by molar-refractivity contribution is 6.25. The van der Waals surface area contributed by atoms with Crippen LogP contribution in [0.4, 0.5) is 0 Å². The molecule has 1 heteroatoms. The van der Waals surface area contributed by atoms with Gasteiger partial charge < -0.3 is 4.42 Å². The molecule has 0 aliphatic carbocycles. The maximum atomic E-state index is 6.72. The molecule has 0 bridgehead atoms. The Morgan fingerprint density at radius 3 is 1.25 bits per heavy atom. The van der Waals surface area contributed by atoms with Crippen molar-refractivity contribution in [2.45, 2.75) is 0 Å². The molecule has 1 nitrogen and oxygen atoms in total. The van der Waals surface area contributed by atoms with Gasteiger partial charge in [-0.3, -0.25) is 0 Å². The number of rotatable bonds is 4. The maximum absolute atomic E-state index is 6.72. The van der Waals surface area contributed by atoms with Crippen LogP contribution in [0.15, 0.2) is 211 Å². The second-order valence-electron chi connectivity index (χ2n) is 15.1. The highest BCUT2D eigenvalue weighted by Crippen LogP contribution is 2.48. The standard InChI is InChI=1S/C56H34O/c1-2-16-36(17-3-1)53-42-20-6-8-22-44(42)55(45-23-9-7-21-43(45)53)38-29-31-40-50-33-37(30-32-51(50)57-52(40)34-38)54-46-24-10-12-26-48(46)56(49-27-13-11-25-47(49)54)41-28-14-18-35-15-4-5-19-39(35)41/h1-34H. The van der Waals surface area contributed by atoms with Gasteiger partial charge in [-0.2, -0.15) is 0 Å². The van der Waals surface area contributed by atoms with Gasteiger partial charge in [0, 0.05) is 10.8 Å². The fraction of sp³-hybridized carbons (Fsp3) is 0. The first kappa shape index (κ1) is 31.8. The minimum absolute atomic E-state index is 0.890. The first-order valence-corrected chi connectivity index (χ1v) is 19.7. The van der Waals surface area contributed by atoms with Crippen molar-refractivity contribution in [1.82, 2.24) is 0 Å². The molecule has 0 radical (unpaired) electrons. The number of benzene rings is 11. The van der Waals surface area contributed by atoms with Crippen molar-refractivity contribution in [3.63, 3.8) is 0 Å². The molecular formula is C56H34O. The molecule has 57 heavy (non-hydrogen) atoms. The predicted octanol–water partition coefficient (Wildman–Crippen LogP) is 16.0. The minimum atomic E-state index is 0.890. The van der Waals surface area contributed by atoms with Gasteiger partial charge in [0.2, 0.25) is 0 Å². The third-order valence-corrected chi connectivity index (χ3v) is 12.0. The molecule has 0 amide bonds. The summed E-state index contributed by atoms with van der Waals surface area (Å²) in [6, 6.07) is 75.1. The molecule has 1 heterocycles. The summed E-state index contributed by atoms with van der Waals surface area (Å²) in [7, 11) is 0. The van der Waals surface area contributed by atoms with E-state index < -0.39 is 0 Å². The molecule has 0 unspecified atom stereocenters. The lowest BCUT2D eigenvalue weighted by Crippen LogP contribution is -1.91. The SMILES string of the molecule is c1ccc(-c2c3ccccc3c(-c3ccc4c(c3)oc3ccc(-c5c6ccccc6c(-c6cccc7ccccc67)c6ccccc56)cc34)c3ccccc23)cc1. The van der Waals surface area contributed by atoms with E-state index in [1.165, 1.54) is 92.8 Å². The summed E-state index contributed by atoms with van der Waals surface area (Å²) >= 11 is 0. The summed E-state index contributed by atoms with van der Waals surface area (Å²) in [6.45, 7) is 0. The summed E-state index contributed by atoms with van der Waals surface area (Å²) < 4.78 is 6.72. The zero-order valence-electron chi connectivity index (χ0n) is 31.0. The Balaban J connectivity index is 1.07. The van der Waals surface area contributed by atoms with Crippen LogP contribution in [0.2, 0.25) is 0 Å². The van der Waals surface area contributed by atoms with Gasteiger partial charge in [-0.25, -0.2) is 0 Å². The van der Waals surface area contributed by atoms with Crippen molar-refractivity contribution in [3.8, 4) is 44.5 Å². The van der Waals surface area contributed by atoms with Crippen LogP contribution in [0, 0.1) is 0 Å². The van der Waals surface area contributed by atoms with Gasteiger partial charge in [0.25, 0.3) is 0 Å². The molecule has 12 aromatic rings. The summed E-state index contributed by atoms with van der Waals surface area (Å²) in [5.41, 5.74) is 11.6. The van der Waals surface area contributed by atoms with Crippen molar-refractivity contribution >= 4 is 75.8 Å². The van der Waals surface area contributed by atoms with Crippen LogP contribution < -0.4 is 0 Å². The van der Waals surface area contributed by atoms with Crippen LogP contribution in [0.3, 0.4) is 0 Å². The van der Waals surface area contributed by atoms with Gasteiger partial charge in [0.05, 0.1) is 0 Å². The lowest BCUT2D eigenvalue weighted by Gasteiger charge is -2.18. The van der Waals surface area contributed by atoms with Crippen LogP contribution in [0.25, 0.3) is 120 Å².